The second kappa shape index (κ2) is 8.42. The molecule has 0 aromatic heterocycles. The maximum Gasteiger partial charge on any atom is 0.227 e. The molecule has 0 aromatic carbocycles. The minimum Gasteiger partial charge on any atom is -0.341 e. The standard InChI is InChI=1S/C14H25N3O.2ClH/c18-14(12-5-6-15-10-12)17-9-3-4-13(11-17)16-7-1-2-8-16;;/h12-13,15H,1-11H2;2*1H. The van der Waals surface area contributed by atoms with Gasteiger partial charge in [-0.15, -0.1) is 24.8 Å². The van der Waals surface area contributed by atoms with Crippen LogP contribution in [-0.4, -0.2) is 61.0 Å². The average molecular weight is 324 g/mol. The van der Waals surface area contributed by atoms with Crippen molar-refractivity contribution in [1.82, 2.24) is 15.1 Å². The summed E-state index contributed by atoms with van der Waals surface area (Å²) in [7, 11) is 0. The lowest BCUT2D eigenvalue weighted by molar-refractivity contribution is -0.137. The van der Waals surface area contributed by atoms with Crippen molar-refractivity contribution in [1.29, 1.82) is 0 Å². The second-order valence-electron chi connectivity index (χ2n) is 6.01. The van der Waals surface area contributed by atoms with E-state index in [1.165, 1.54) is 38.8 Å². The number of amides is 1. The zero-order valence-electron chi connectivity index (χ0n) is 12.1. The Kier molecular flexibility index (Phi) is 7.59. The molecule has 3 aliphatic heterocycles. The van der Waals surface area contributed by atoms with Crippen LogP contribution < -0.4 is 5.32 Å². The number of hydrogen-bond acceptors (Lipinski definition) is 3. The first kappa shape index (κ1) is 18.0. The normalized spacial score (nSPS) is 30.7. The molecule has 20 heavy (non-hydrogen) atoms. The molecule has 118 valence electrons. The maximum atomic E-state index is 12.4. The highest BCUT2D eigenvalue weighted by atomic mass is 35.5. The molecule has 4 nitrogen and oxygen atoms in total. The van der Waals surface area contributed by atoms with Crippen molar-refractivity contribution in [3.05, 3.63) is 0 Å². The van der Waals surface area contributed by atoms with E-state index in [-0.39, 0.29) is 30.7 Å². The Morgan fingerprint density at radius 3 is 2.40 bits per heavy atom. The van der Waals surface area contributed by atoms with Crippen molar-refractivity contribution in [2.24, 2.45) is 5.92 Å². The highest BCUT2D eigenvalue weighted by Crippen LogP contribution is 2.22. The summed E-state index contributed by atoms with van der Waals surface area (Å²) in [6, 6.07) is 0.638. The Morgan fingerprint density at radius 1 is 1.00 bits per heavy atom. The maximum absolute atomic E-state index is 12.4. The van der Waals surface area contributed by atoms with Crippen molar-refractivity contribution in [2.75, 3.05) is 39.3 Å². The molecule has 0 aliphatic carbocycles. The number of hydrogen-bond donors (Lipinski definition) is 1. The largest absolute Gasteiger partial charge is 0.341 e. The molecular weight excluding hydrogens is 297 g/mol. The summed E-state index contributed by atoms with van der Waals surface area (Å²) < 4.78 is 0. The van der Waals surface area contributed by atoms with Gasteiger partial charge in [-0.1, -0.05) is 0 Å². The number of rotatable bonds is 2. The molecule has 3 aliphatic rings. The van der Waals surface area contributed by atoms with E-state index < -0.39 is 0 Å². The monoisotopic (exact) mass is 323 g/mol. The van der Waals surface area contributed by atoms with E-state index in [2.05, 4.69) is 15.1 Å². The molecule has 2 atom stereocenters. The number of piperidine rings is 1. The molecule has 3 rings (SSSR count). The minimum absolute atomic E-state index is 0. The van der Waals surface area contributed by atoms with Crippen molar-refractivity contribution in [3.8, 4) is 0 Å². The quantitative estimate of drug-likeness (QED) is 0.837. The zero-order valence-corrected chi connectivity index (χ0v) is 13.7. The Bertz CT molecular complexity index is 305. The minimum atomic E-state index is 0. The summed E-state index contributed by atoms with van der Waals surface area (Å²) in [5, 5.41) is 3.30. The first-order chi connectivity index (χ1) is 8.84. The van der Waals surface area contributed by atoms with Gasteiger partial charge in [0, 0.05) is 25.7 Å². The summed E-state index contributed by atoms with van der Waals surface area (Å²) in [6.07, 6.45) is 6.19. The number of nitrogens with zero attached hydrogens (tertiary/aromatic N) is 2. The van der Waals surface area contributed by atoms with Gasteiger partial charge in [-0.05, 0) is 51.7 Å². The summed E-state index contributed by atoms with van der Waals surface area (Å²) in [4.78, 5) is 17.2. The smallest absolute Gasteiger partial charge is 0.227 e. The summed E-state index contributed by atoms with van der Waals surface area (Å²) in [5.74, 6) is 0.659. The number of carbonyl (C=O) groups is 1. The molecule has 2 unspecified atom stereocenters. The number of likely N-dealkylation sites (tertiary alicyclic amines) is 2. The molecule has 6 heteroatoms. The lowest BCUT2D eigenvalue weighted by Crippen LogP contribution is -2.50. The van der Waals surface area contributed by atoms with Crippen LogP contribution in [0, 0.1) is 5.92 Å². The molecule has 0 aromatic rings. The molecular formula is C14H27Cl2N3O. The van der Waals surface area contributed by atoms with Crippen molar-refractivity contribution in [3.63, 3.8) is 0 Å². The predicted octanol–water partition coefficient (Wildman–Crippen LogP) is 1.53. The highest BCUT2D eigenvalue weighted by Gasteiger charge is 2.33. The van der Waals surface area contributed by atoms with Crippen LogP contribution in [0.15, 0.2) is 0 Å². The van der Waals surface area contributed by atoms with Crippen LogP contribution in [0.3, 0.4) is 0 Å². The summed E-state index contributed by atoms with van der Waals surface area (Å²) >= 11 is 0. The number of halogens is 2. The lowest BCUT2D eigenvalue weighted by Gasteiger charge is -2.38. The van der Waals surface area contributed by atoms with E-state index >= 15 is 0 Å². The van der Waals surface area contributed by atoms with Crippen molar-refractivity contribution >= 4 is 30.7 Å². The van der Waals surface area contributed by atoms with Crippen LogP contribution in [0.5, 0.6) is 0 Å². The van der Waals surface area contributed by atoms with Gasteiger partial charge < -0.3 is 10.2 Å². The van der Waals surface area contributed by atoms with Gasteiger partial charge in [0.15, 0.2) is 0 Å². The fraction of sp³-hybridized carbons (Fsp3) is 0.929. The average Bonchev–Trinajstić information content (AvgIpc) is 3.11. The van der Waals surface area contributed by atoms with Crippen LogP contribution in [0.4, 0.5) is 0 Å². The van der Waals surface area contributed by atoms with E-state index in [0.29, 0.717) is 11.9 Å². The van der Waals surface area contributed by atoms with Crippen LogP contribution in [-0.2, 0) is 4.79 Å². The predicted molar refractivity (Wildman–Crippen MR) is 85.9 cm³/mol. The third-order valence-electron chi connectivity index (χ3n) is 4.77. The van der Waals surface area contributed by atoms with E-state index in [4.69, 9.17) is 0 Å². The van der Waals surface area contributed by atoms with E-state index in [9.17, 15) is 4.79 Å². The van der Waals surface area contributed by atoms with Crippen LogP contribution in [0.25, 0.3) is 0 Å². The van der Waals surface area contributed by atoms with E-state index in [1.807, 2.05) is 0 Å². The van der Waals surface area contributed by atoms with Gasteiger partial charge >= 0.3 is 0 Å². The third-order valence-corrected chi connectivity index (χ3v) is 4.77. The van der Waals surface area contributed by atoms with Crippen LogP contribution in [0.2, 0.25) is 0 Å². The molecule has 1 amide bonds. The summed E-state index contributed by atoms with van der Waals surface area (Å²) in [5.41, 5.74) is 0. The van der Waals surface area contributed by atoms with Crippen molar-refractivity contribution < 1.29 is 4.79 Å². The molecule has 0 saturated carbocycles. The van der Waals surface area contributed by atoms with Gasteiger partial charge in [-0.25, -0.2) is 0 Å². The lowest BCUT2D eigenvalue weighted by atomic mass is 10.0. The number of nitrogens with one attached hydrogen (secondary N) is 1. The van der Waals surface area contributed by atoms with Crippen LogP contribution >= 0.6 is 24.8 Å². The van der Waals surface area contributed by atoms with Gasteiger partial charge in [-0.3, -0.25) is 9.69 Å². The SMILES string of the molecule is Cl.Cl.O=C(C1CCNC1)N1CCCC(N2CCCC2)C1. The van der Waals surface area contributed by atoms with Gasteiger partial charge in [0.05, 0.1) is 5.92 Å². The van der Waals surface area contributed by atoms with Crippen LogP contribution in [0.1, 0.15) is 32.1 Å². The highest BCUT2D eigenvalue weighted by molar-refractivity contribution is 5.85. The molecule has 3 saturated heterocycles. The van der Waals surface area contributed by atoms with Crippen molar-refractivity contribution in [2.45, 2.75) is 38.1 Å². The van der Waals surface area contributed by atoms with E-state index in [1.54, 1.807) is 0 Å². The summed E-state index contributed by atoms with van der Waals surface area (Å²) in [6.45, 7) is 6.37. The first-order valence-electron chi connectivity index (χ1n) is 7.58. The third kappa shape index (κ3) is 4.00. The molecule has 3 fully saturated rings. The fourth-order valence-electron chi connectivity index (χ4n) is 3.68. The molecule has 1 N–H and O–H groups in total. The Labute approximate surface area is 134 Å². The Morgan fingerprint density at radius 2 is 1.75 bits per heavy atom. The van der Waals surface area contributed by atoms with Gasteiger partial charge in [0.25, 0.3) is 0 Å². The molecule has 0 spiro atoms. The second-order valence-corrected chi connectivity index (χ2v) is 6.01. The Balaban J connectivity index is 0.000001000. The first-order valence-corrected chi connectivity index (χ1v) is 7.58. The Hall–Kier alpha value is -0.0300. The molecule has 0 radical (unpaired) electrons. The topological polar surface area (TPSA) is 35.6 Å². The molecule has 0 bridgehead atoms. The van der Waals surface area contributed by atoms with Gasteiger partial charge in [0.2, 0.25) is 5.91 Å². The van der Waals surface area contributed by atoms with Gasteiger partial charge in [0.1, 0.15) is 0 Å². The number of carbonyl (C=O) groups excluding carboxylic acids is 1. The zero-order chi connectivity index (χ0) is 12.4. The fourth-order valence-corrected chi connectivity index (χ4v) is 3.68. The van der Waals surface area contributed by atoms with Gasteiger partial charge in [-0.2, -0.15) is 0 Å². The van der Waals surface area contributed by atoms with E-state index in [0.717, 1.165) is 32.6 Å². The molecule has 3 heterocycles.